The molecule has 1 unspecified atom stereocenters. The van der Waals surface area contributed by atoms with Gasteiger partial charge in [0.1, 0.15) is 24.2 Å². The Morgan fingerprint density at radius 2 is 2.03 bits per heavy atom. The number of aromatic nitrogens is 1. The summed E-state index contributed by atoms with van der Waals surface area (Å²) < 4.78 is 24.1. The summed E-state index contributed by atoms with van der Waals surface area (Å²) in [6.45, 7) is -0.212. The van der Waals surface area contributed by atoms with Gasteiger partial charge in [-0.05, 0) is 35.9 Å². The van der Waals surface area contributed by atoms with E-state index in [2.05, 4.69) is 4.98 Å². The number of amides is 1. The molecule has 7 nitrogen and oxygen atoms in total. The SMILES string of the molecule is O=C(O)COc1ccc(Cl)cc1C1c2scnc2CCN1C(=O)OCc1ccc(F)cc1. The molecule has 0 spiro atoms. The molecular weight excluding hydrogens is 459 g/mol. The molecule has 4 rings (SSSR count). The number of carboxylic acid groups (broad SMARTS) is 1. The highest BCUT2D eigenvalue weighted by Gasteiger charge is 2.36. The van der Waals surface area contributed by atoms with E-state index in [1.807, 2.05) is 0 Å². The molecular formula is C22H18ClFN2O5S. The summed E-state index contributed by atoms with van der Waals surface area (Å²) in [6.07, 6.45) is -0.0186. The lowest BCUT2D eigenvalue weighted by Gasteiger charge is -2.35. The number of thiazole rings is 1. The largest absolute Gasteiger partial charge is 0.482 e. The summed E-state index contributed by atoms with van der Waals surface area (Å²) in [4.78, 5) is 30.9. The lowest BCUT2D eigenvalue weighted by molar-refractivity contribution is -0.139. The minimum atomic E-state index is -1.12. The van der Waals surface area contributed by atoms with E-state index in [0.29, 0.717) is 34.9 Å². The van der Waals surface area contributed by atoms with Crippen LogP contribution < -0.4 is 4.74 Å². The van der Waals surface area contributed by atoms with E-state index < -0.39 is 24.7 Å². The molecule has 3 aromatic rings. The average molecular weight is 477 g/mol. The van der Waals surface area contributed by atoms with Crippen LogP contribution in [0.25, 0.3) is 0 Å². The van der Waals surface area contributed by atoms with Crippen LogP contribution in [0.2, 0.25) is 5.02 Å². The zero-order valence-electron chi connectivity index (χ0n) is 16.7. The molecule has 2 heterocycles. The first kappa shape index (κ1) is 22.0. The number of hydrogen-bond acceptors (Lipinski definition) is 6. The van der Waals surface area contributed by atoms with Crippen molar-refractivity contribution in [3.63, 3.8) is 0 Å². The Morgan fingerprint density at radius 3 is 2.78 bits per heavy atom. The summed E-state index contributed by atoms with van der Waals surface area (Å²) in [5.74, 6) is -1.19. The van der Waals surface area contributed by atoms with Crippen molar-refractivity contribution < 1.29 is 28.6 Å². The molecule has 1 amide bonds. The predicted molar refractivity (Wildman–Crippen MR) is 116 cm³/mol. The highest BCUT2D eigenvalue weighted by Crippen LogP contribution is 2.42. The highest BCUT2D eigenvalue weighted by molar-refractivity contribution is 7.09. The monoisotopic (exact) mass is 476 g/mol. The Labute approximate surface area is 192 Å². The third-order valence-electron chi connectivity index (χ3n) is 4.95. The van der Waals surface area contributed by atoms with E-state index in [-0.39, 0.29) is 12.4 Å². The van der Waals surface area contributed by atoms with E-state index in [1.54, 1.807) is 40.7 Å². The van der Waals surface area contributed by atoms with Gasteiger partial charge in [0.05, 0.1) is 16.1 Å². The normalized spacial score (nSPS) is 15.2. The highest BCUT2D eigenvalue weighted by atomic mass is 35.5. The number of carboxylic acids is 1. The number of halogens is 2. The van der Waals surface area contributed by atoms with Crippen LogP contribution in [0.4, 0.5) is 9.18 Å². The van der Waals surface area contributed by atoms with Crippen molar-refractivity contribution in [2.75, 3.05) is 13.2 Å². The van der Waals surface area contributed by atoms with Crippen LogP contribution in [-0.4, -0.2) is 40.2 Å². The molecule has 0 saturated heterocycles. The molecule has 0 aliphatic carbocycles. The number of hydrogen-bond donors (Lipinski definition) is 1. The van der Waals surface area contributed by atoms with Gasteiger partial charge in [-0.2, -0.15) is 0 Å². The van der Waals surface area contributed by atoms with Crippen molar-refractivity contribution in [1.82, 2.24) is 9.88 Å². The number of fused-ring (bicyclic) bond motifs is 1. The molecule has 0 fully saturated rings. The Bertz CT molecular complexity index is 1140. The van der Waals surface area contributed by atoms with Crippen molar-refractivity contribution in [1.29, 1.82) is 0 Å². The van der Waals surface area contributed by atoms with Gasteiger partial charge in [-0.25, -0.2) is 19.0 Å². The van der Waals surface area contributed by atoms with Gasteiger partial charge in [0.25, 0.3) is 0 Å². The number of benzene rings is 2. The first-order valence-electron chi connectivity index (χ1n) is 9.66. The van der Waals surface area contributed by atoms with Crippen molar-refractivity contribution in [3.05, 3.63) is 80.5 Å². The zero-order valence-corrected chi connectivity index (χ0v) is 18.2. The van der Waals surface area contributed by atoms with Crippen LogP contribution in [0.15, 0.2) is 48.0 Å². The molecule has 0 saturated carbocycles. The second-order valence-electron chi connectivity index (χ2n) is 7.05. The van der Waals surface area contributed by atoms with Gasteiger partial charge in [-0.3, -0.25) is 4.90 Å². The van der Waals surface area contributed by atoms with E-state index in [9.17, 15) is 14.0 Å². The molecule has 2 aromatic carbocycles. The van der Waals surface area contributed by atoms with Crippen LogP contribution in [0.3, 0.4) is 0 Å². The number of rotatable bonds is 6. The van der Waals surface area contributed by atoms with Crippen LogP contribution in [0.1, 0.15) is 27.7 Å². The van der Waals surface area contributed by atoms with Crippen molar-refractivity contribution >= 4 is 35.0 Å². The van der Waals surface area contributed by atoms with Gasteiger partial charge < -0.3 is 14.6 Å². The van der Waals surface area contributed by atoms with Crippen LogP contribution in [0.5, 0.6) is 5.75 Å². The lowest BCUT2D eigenvalue weighted by atomic mass is 9.97. The number of aliphatic carboxylic acids is 1. The minimum Gasteiger partial charge on any atom is -0.482 e. The van der Waals surface area contributed by atoms with Crippen molar-refractivity contribution in [3.8, 4) is 5.75 Å². The zero-order chi connectivity index (χ0) is 22.7. The second kappa shape index (κ2) is 9.54. The summed E-state index contributed by atoms with van der Waals surface area (Å²) in [7, 11) is 0. The molecule has 10 heteroatoms. The fraction of sp³-hybridized carbons (Fsp3) is 0.227. The Kier molecular flexibility index (Phi) is 6.57. The van der Waals surface area contributed by atoms with Crippen LogP contribution >= 0.6 is 22.9 Å². The van der Waals surface area contributed by atoms with Gasteiger partial charge in [0.15, 0.2) is 6.61 Å². The summed E-state index contributed by atoms with van der Waals surface area (Å²) >= 11 is 7.62. The number of nitrogens with zero attached hydrogens (tertiary/aromatic N) is 2. The predicted octanol–water partition coefficient (Wildman–Crippen LogP) is 4.68. The molecule has 0 radical (unpaired) electrons. The van der Waals surface area contributed by atoms with Crippen LogP contribution in [-0.2, 0) is 22.6 Å². The maximum Gasteiger partial charge on any atom is 0.410 e. The van der Waals surface area contributed by atoms with E-state index in [0.717, 1.165) is 10.6 Å². The summed E-state index contributed by atoms with van der Waals surface area (Å²) in [6, 6.07) is 9.92. The quantitative estimate of drug-likeness (QED) is 0.555. The minimum absolute atomic E-state index is 0.0181. The van der Waals surface area contributed by atoms with E-state index >= 15 is 0 Å². The van der Waals surface area contributed by atoms with Crippen molar-refractivity contribution in [2.45, 2.75) is 19.1 Å². The smallest absolute Gasteiger partial charge is 0.410 e. The number of carbonyl (C=O) groups is 2. The standard InChI is InChI=1S/C22H18ClFN2O5S/c23-14-3-6-18(30-11-19(27)28)16(9-14)20-21-17(25-12-32-21)7-8-26(20)22(29)31-10-13-1-4-15(24)5-2-13/h1-6,9,12,20H,7-8,10-11H2,(H,27,28). The first-order chi connectivity index (χ1) is 15.4. The average Bonchev–Trinajstić information content (AvgIpc) is 3.26. The van der Waals surface area contributed by atoms with Crippen molar-refractivity contribution in [2.24, 2.45) is 0 Å². The topological polar surface area (TPSA) is 89.0 Å². The third kappa shape index (κ3) is 4.84. The fourth-order valence-corrected chi connectivity index (χ4v) is 4.65. The van der Waals surface area contributed by atoms with Gasteiger partial charge in [-0.1, -0.05) is 23.7 Å². The summed E-state index contributed by atoms with van der Waals surface area (Å²) in [5.41, 5.74) is 3.75. The molecule has 1 aromatic heterocycles. The van der Waals surface area contributed by atoms with Gasteiger partial charge >= 0.3 is 12.1 Å². The second-order valence-corrected chi connectivity index (χ2v) is 8.38. The number of ether oxygens (including phenoxy) is 2. The third-order valence-corrected chi connectivity index (χ3v) is 6.11. The molecule has 0 bridgehead atoms. The lowest BCUT2D eigenvalue weighted by Crippen LogP contribution is -2.40. The van der Waals surface area contributed by atoms with Gasteiger partial charge in [-0.15, -0.1) is 11.3 Å². The first-order valence-corrected chi connectivity index (χ1v) is 10.9. The molecule has 1 aliphatic heterocycles. The van der Waals surface area contributed by atoms with Gasteiger partial charge in [0.2, 0.25) is 0 Å². The maximum absolute atomic E-state index is 13.1. The number of carbonyl (C=O) groups excluding carboxylic acids is 1. The Balaban J connectivity index is 1.64. The molecule has 1 N–H and O–H groups in total. The molecule has 1 aliphatic rings. The molecule has 32 heavy (non-hydrogen) atoms. The van der Waals surface area contributed by atoms with Gasteiger partial charge in [0, 0.05) is 23.6 Å². The Hall–Kier alpha value is -3.17. The maximum atomic E-state index is 13.1. The Morgan fingerprint density at radius 1 is 1.25 bits per heavy atom. The van der Waals surface area contributed by atoms with E-state index in [4.69, 9.17) is 26.2 Å². The van der Waals surface area contributed by atoms with Crippen LogP contribution in [0, 0.1) is 5.82 Å². The fourth-order valence-electron chi connectivity index (χ4n) is 3.50. The molecule has 1 atom stereocenters. The summed E-state index contributed by atoms with van der Waals surface area (Å²) in [5, 5.41) is 9.44. The van der Waals surface area contributed by atoms with E-state index in [1.165, 1.54) is 23.5 Å². The molecule has 166 valence electrons.